The Morgan fingerprint density at radius 1 is 1.07 bits per heavy atom. The Balaban J connectivity index is 1.69. The van der Waals surface area contributed by atoms with E-state index in [2.05, 4.69) is 20.2 Å². The summed E-state index contributed by atoms with van der Waals surface area (Å²) in [7, 11) is 3.25. The van der Waals surface area contributed by atoms with Gasteiger partial charge in [0.05, 0.1) is 14.2 Å². The number of piperazine rings is 1. The van der Waals surface area contributed by atoms with E-state index in [4.69, 9.17) is 9.47 Å². The highest BCUT2D eigenvalue weighted by Crippen LogP contribution is 2.28. The van der Waals surface area contributed by atoms with Gasteiger partial charge in [0.2, 0.25) is 6.41 Å². The van der Waals surface area contributed by atoms with Crippen LogP contribution in [0, 0.1) is 6.92 Å². The molecule has 1 N–H and O–H groups in total. The second-order valence-corrected chi connectivity index (χ2v) is 6.33. The van der Waals surface area contributed by atoms with Crippen molar-refractivity contribution in [3.63, 3.8) is 0 Å². The zero-order chi connectivity index (χ0) is 19.2. The van der Waals surface area contributed by atoms with Crippen molar-refractivity contribution in [2.75, 3.05) is 50.6 Å². The summed E-state index contributed by atoms with van der Waals surface area (Å²) in [5, 5.41) is 3.35. The van der Waals surface area contributed by atoms with Crippen molar-refractivity contribution < 1.29 is 14.3 Å². The van der Waals surface area contributed by atoms with Crippen LogP contribution in [0.5, 0.6) is 11.5 Å². The molecule has 1 amide bonds. The van der Waals surface area contributed by atoms with Gasteiger partial charge < -0.3 is 24.6 Å². The number of methoxy groups -OCH3 is 2. The molecule has 0 aliphatic carbocycles. The lowest BCUT2D eigenvalue weighted by Crippen LogP contribution is -2.46. The van der Waals surface area contributed by atoms with Crippen LogP contribution in [0.1, 0.15) is 11.4 Å². The van der Waals surface area contributed by atoms with Gasteiger partial charge in [-0.15, -0.1) is 0 Å². The lowest BCUT2D eigenvalue weighted by Gasteiger charge is -2.33. The van der Waals surface area contributed by atoms with Crippen molar-refractivity contribution in [1.29, 1.82) is 0 Å². The minimum atomic E-state index is 0.606. The molecule has 1 fully saturated rings. The Kier molecular flexibility index (Phi) is 5.95. The molecule has 3 rings (SSSR count). The van der Waals surface area contributed by atoms with E-state index < -0.39 is 0 Å². The largest absolute Gasteiger partial charge is 0.493 e. The maximum Gasteiger partial charge on any atom is 0.209 e. The van der Waals surface area contributed by atoms with Crippen LogP contribution in [0.2, 0.25) is 0 Å². The normalized spacial score (nSPS) is 14.0. The monoisotopic (exact) mass is 371 g/mol. The van der Waals surface area contributed by atoms with Crippen LogP contribution in [-0.4, -0.2) is 61.7 Å². The van der Waals surface area contributed by atoms with Crippen LogP contribution >= 0.6 is 0 Å². The lowest BCUT2D eigenvalue weighted by molar-refractivity contribution is -0.118. The number of carbonyl (C=O) groups excluding carboxylic acids is 1. The van der Waals surface area contributed by atoms with Gasteiger partial charge in [0.15, 0.2) is 11.5 Å². The third-order valence-electron chi connectivity index (χ3n) is 4.53. The maximum absolute atomic E-state index is 10.9. The summed E-state index contributed by atoms with van der Waals surface area (Å²) in [5.41, 5.74) is 1.06. The number of hydrogen-bond acceptors (Lipinski definition) is 7. The molecular formula is C19H25N5O3. The molecule has 27 heavy (non-hydrogen) atoms. The van der Waals surface area contributed by atoms with E-state index in [0.29, 0.717) is 37.0 Å². The van der Waals surface area contributed by atoms with E-state index in [9.17, 15) is 4.79 Å². The molecule has 1 aliphatic heterocycles. The molecule has 0 radical (unpaired) electrons. The van der Waals surface area contributed by atoms with E-state index in [0.717, 1.165) is 36.7 Å². The quantitative estimate of drug-likeness (QED) is 0.742. The van der Waals surface area contributed by atoms with Crippen molar-refractivity contribution in [1.82, 2.24) is 14.9 Å². The third kappa shape index (κ3) is 4.58. The Morgan fingerprint density at radius 3 is 2.48 bits per heavy atom. The number of benzene rings is 1. The first-order chi connectivity index (χ1) is 13.1. The molecule has 0 atom stereocenters. The van der Waals surface area contributed by atoms with Crippen LogP contribution < -0.4 is 19.7 Å². The van der Waals surface area contributed by atoms with Gasteiger partial charge >= 0.3 is 0 Å². The van der Waals surface area contributed by atoms with E-state index >= 15 is 0 Å². The predicted octanol–water partition coefficient (Wildman–Crippen LogP) is 1.69. The van der Waals surface area contributed by atoms with Crippen LogP contribution in [0.3, 0.4) is 0 Å². The van der Waals surface area contributed by atoms with E-state index in [1.807, 2.05) is 31.2 Å². The first kappa shape index (κ1) is 18.8. The summed E-state index contributed by atoms with van der Waals surface area (Å²) in [4.78, 5) is 23.9. The second kappa shape index (κ2) is 8.57. The fourth-order valence-electron chi connectivity index (χ4n) is 3.04. The number of nitrogens with one attached hydrogen (secondary N) is 1. The minimum absolute atomic E-state index is 0.606. The molecule has 0 unspecified atom stereocenters. The predicted molar refractivity (Wildman–Crippen MR) is 103 cm³/mol. The minimum Gasteiger partial charge on any atom is -0.493 e. The molecule has 0 spiro atoms. The zero-order valence-corrected chi connectivity index (χ0v) is 15.9. The van der Waals surface area contributed by atoms with Crippen molar-refractivity contribution in [2.24, 2.45) is 0 Å². The van der Waals surface area contributed by atoms with Gasteiger partial charge in [0.1, 0.15) is 17.5 Å². The van der Waals surface area contributed by atoms with E-state index in [1.54, 1.807) is 19.1 Å². The van der Waals surface area contributed by atoms with Gasteiger partial charge in [-0.2, -0.15) is 0 Å². The topological polar surface area (TPSA) is 79.8 Å². The molecule has 8 heteroatoms. The summed E-state index contributed by atoms with van der Waals surface area (Å²) in [5.74, 6) is 3.76. The Labute approximate surface area is 159 Å². The van der Waals surface area contributed by atoms with Gasteiger partial charge in [0.25, 0.3) is 0 Å². The fourth-order valence-corrected chi connectivity index (χ4v) is 3.04. The molecule has 2 heterocycles. The summed E-state index contributed by atoms with van der Waals surface area (Å²) in [6.45, 7) is 5.44. The summed E-state index contributed by atoms with van der Waals surface area (Å²) >= 11 is 0. The molecule has 0 bridgehead atoms. The SMILES string of the molecule is COc1ccc(CNc2cc(N3CCN(C=O)CC3)nc(C)n2)cc1OC. The Morgan fingerprint density at radius 2 is 1.81 bits per heavy atom. The number of aromatic nitrogens is 2. The molecule has 1 aromatic heterocycles. The molecule has 1 aliphatic rings. The van der Waals surface area contributed by atoms with Crippen LogP contribution in [0.15, 0.2) is 24.3 Å². The average Bonchev–Trinajstić information content (AvgIpc) is 2.71. The highest BCUT2D eigenvalue weighted by molar-refractivity contribution is 5.52. The van der Waals surface area contributed by atoms with Crippen molar-refractivity contribution in [2.45, 2.75) is 13.5 Å². The summed E-state index contributed by atoms with van der Waals surface area (Å²) in [6, 6.07) is 7.77. The van der Waals surface area contributed by atoms with Gasteiger partial charge in [-0.3, -0.25) is 4.79 Å². The number of hydrogen-bond donors (Lipinski definition) is 1. The lowest BCUT2D eigenvalue weighted by atomic mass is 10.2. The average molecular weight is 371 g/mol. The number of nitrogens with zero attached hydrogens (tertiary/aromatic N) is 4. The van der Waals surface area contributed by atoms with E-state index in [-0.39, 0.29) is 0 Å². The fraction of sp³-hybridized carbons (Fsp3) is 0.421. The number of carbonyl (C=O) groups is 1. The number of anilines is 2. The number of amides is 1. The number of aryl methyl sites for hydroxylation is 1. The van der Waals surface area contributed by atoms with Crippen LogP contribution in [-0.2, 0) is 11.3 Å². The first-order valence-corrected chi connectivity index (χ1v) is 8.87. The van der Waals surface area contributed by atoms with Gasteiger partial charge in [-0.25, -0.2) is 9.97 Å². The van der Waals surface area contributed by atoms with Crippen LogP contribution in [0.4, 0.5) is 11.6 Å². The summed E-state index contributed by atoms with van der Waals surface area (Å²) in [6.07, 6.45) is 0.901. The smallest absolute Gasteiger partial charge is 0.209 e. The first-order valence-electron chi connectivity index (χ1n) is 8.87. The van der Waals surface area contributed by atoms with Crippen molar-refractivity contribution >= 4 is 18.0 Å². The molecule has 144 valence electrons. The summed E-state index contributed by atoms with van der Waals surface area (Å²) < 4.78 is 10.6. The molecule has 1 saturated heterocycles. The highest BCUT2D eigenvalue weighted by Gasteiger charge is 2.17. The highest BCUT2D eigenvalue weighted by atomic mass is 16.5. The molecule has 1 aromatic carbocycles. The standard InChI is InChI=1S/C19H25N5O3/c1-14-21-18(11-19(22-14)24-8-6-23(13-25)7-9-24)20-12-15-4-5-16(26-2)17(10-15)27-3/h4-5,10-11,13H,6-9,12H2,1-3H3,(H,20,21,22). The zero-order valence-electron chi connectivity index (χ0n) is 15.9. The van der Waals surface area contributed by atoms with E-state index in [1.165, 1.54) is 0 Å². The van der Waals surface area contributed by atoms with Crippen molar-refractivity contribution in [3.05, 3.63) is 35.7 Å². The number of ether oxygens (including phenoxy) is 2. The molecular weight excluding hydrogens is 346 g/mol. The van der Waals surface area contributed by atoms with Gasteiger partial charge in [-0.05, 0) is 24.6 Å². The van der Waals surface area contributed by atoms with Gasteiger partial charge in [0, 0.05) is 38.8 Å². The third-order valence-corrected chi connectivity index (χ3v) is 4.53. The van der Waals surface area contributed by atoms with Crippen LogP contribution in [0.25, 0.3) is 0 Å². The van der Waals surface area contributed by atoms with Gasteiger partial charge in [-0.1, -0.05) is 6.07 Å². The second-order valence-electron chi connectivity index (χ2n) is 6.33. The molecule has 8 nitrogen and oxygen atoms in total. The van der Waals surface area contributed by atoms with Crippen molar-refractivity contribution in [3.8, 4) is 11.5 Å². The Hall–Kier alpha value is -3.03. The maximum atomic E-state index is 10.9. The Bertz CT molecular complexity index is 791. The molecule has 2 aromatic rings. The molecule has 0 saturated carbocycles. The number of rotatable bonds is 7.